The van der Waals surface area contributed by atoms with Crippen LogP contribution in [0.25, 0.3) is 0 Å². The molecule has 0 amide bonds. The van der Waals surface area contributed by atoms with E-state index in [-0.39, 0.29) is 11.9 Å². The number of nitrogens with zero attached hydrogens (tertiary/aromatic N) is 2. The summed E-state index contributed by atoms with van der Waals surface area (Å²) >= 11 is 0. The van der Waals surface area contributed by atoms with E-state index in [2.05, 4.69) is 41.1 Å². The Kier molecular flexibility index (Phi) is 3.79. The monoisotopic (exact) mass is 363 g/mol. The van der Waals surface area contributed by atoms with Gasteiger partial charge in [0.2, 0.25) is 0 Å². The van der Waals surface area contributed by atoms with Crippen LogP contribution >= 0.6 is 0 Å². The van der Waals surface area contributed by atoms with Gasteiger partial charge in [-0.3, -0.25) is 0 Å². The summed E-state index contributed by atoms with van der Waals surface area (Å²) in [5, 5.41) is 3.35. The minimum Gasteiger partial charge on any atom is -0.450 e. The Balaban J connectivity index is 1.56. The normalized spacial score (nSPS) is 26.9. The van der Waals surface area contributed by atoms with Gasteiger partial charge in [-0.15, -0.1) is 0 Å². The largest absolute Gasteiger partial charge is 0.450 e. The lowest BCUT2D eigenvalue weighted by atomic mass is 9.88. The summed E-state index contributed by atoms with van der Waals surface area (Å²) in [6, 6.07) is 15.8. The van der Waals surface area contributed by atoms with E-state index in [9.17, 15) is 4.39 Å². The molecule has 3 aliphatic heterocycles. The molecule has 3 heterocycles. The fraction of sp³-hybridized carbons (Fsp3) is 0.318. The van der Waals surface area contributed by atoms with Crippen LogP contribution in [0, 0.1) is 5.82 Å². The van der Waals surface area contributed by atoms with Gasteiger partial charge in [0.1, 0.15) is 5.82 Å². The predicted molar refractivity (Wildman–Crippen MR) is 103 cm³/mol. The number of hydrogen-bond donors (Lipinski definition) is 1. The van der Waals surface area contributed by atoms with E-state index in [4.69, 9.17) is 9.73 Å². The van der Waals surface area contributed by atoms with Crippen LogP contribution in [-0.2, 0) is 11.2 Å². The maximum Gasteiger partial charge on any atom is 0.294 e. The van der Waals surface area contributed by atoms with E-state index in [0.717, 1.165) is 43.7 Å². The summed E-state index contributed by atoms with van der Waals surface area (Å²) in [5.41, 5.74) is 3.94. The molecule has 5 heteroatoms. The van der Waals surface area contributed by atoms with Gasteiger partial charge in [-0.05, 0) is 41.8 Å². The van der Waals surface area contributed by atoms with Gasteiger partial charge in [0.25, 0.3) is 6.02 Å². The molecule has 27 heavy (non-hydrogen) atoms. The van der Waals surface area contributed by atoms with Gasteiger partial charge in [-0.1, -0.05) is 43.0 Å². The van der Waals surface area contributed by atoms with Crippen molar-refractivity contribution in [3.05, 3.63) is 83.3 Å². The molecule has 4 nitrogen and oxygen atoms in total. The number of fused-ring (bicyclic) bond motifs is 1. The molecule has 2 aromatic rings. The fourth-order valence-electron chi connectivity index (χ4n) is 4.38. The van der Waals surface area contributed by atoms with Crippen LogP contribution in [-0.4, -0.2) is 36.2 Å². The molecule has 0 radical (unpaired) electrons. The first-order chi connectivity index (χ1) is 13.2. The average molecular weight is 363 g/mol. The summed E-state index contributed by atoms with van der Waals surface area (Å²) in [5.74, 6) is -0.229. The number of hydrogen-bond acceptors (Lipinski definition) is 4. The number of ether oxygens (including phenoxy) is 1. The first-order valence-corrected chi connectivity index (χ1v) is 9.44. The molecule has 3 aliphatic rings. The number of halogens is 1. The van der Waals surface area contributed by atoms with Crippen LogP contribution in [0.15, 0.2) is 65.8 Å². The Bertz CT molecular complexity index is 915. The minimum atomic E-state index is -0.417. The third kappa shape index (κ3) is 2.65. The third-order valence-corrected chi connectivity index (χ3v) is 5.87. The van der Waals surface area contributed by atoms with Crippen molar-refractivity contribution >= 4 is 6.02 Å². The maximum absolute atomic E-state index is 13.5. The highest BCUT2D eigenvalue weighted by atomic mass is 19.1. The molecule has 1 saturated heterocycles. The Labute approximate surface area is 158 Å². The van der Waals surface area contributed by atoms with Gasteiger partial charge in [0.15, 0.2) is 5.60 Å². The highest BCUT2D eigenvalue weighted by Gasteiger charge is 2.47. The smallest absolute Gasteiger partial charge is 0.294 e. The second-order valence-electron chi connectivity index (χ2n) is 7.46. The van der Waals surface area contributed by atoms with Crippen molar-refractivity contribution in [1.29, 1.82) is 0 Å². The van der Waals surface area contributed by atoms with E-state index >= 15 is 0 Å². The second kappa shape index (κ2) is 6.20. The standard InChI is InChI=1S/C22H22FN3O/c1-15-22(11-12-24-14-22)27-21(25-15)26-13-10-16-4-2-3-5-19(16)20(26)17-6-8-18(23)9-7-17/h2-9,20,24H,1,10-14H2/t20-,22+/m0/s1. The lowest BCUT2D eigenvalue weighted by molar-refractivity contribution is 0.0993. The molecular formula is C22H22FN3O. The van der Waals surface area contributed by atoms with Crippen LogP contribution in [0.1, 0.15) is 29.2 Å². The van der Waals surface area contributed by atoms with Gasteiger partial charge in [0.05, 0.1) is 11.7 Å². The van der Waals surface area contributed by atoms with Gasteiger partial charge < -0.3 is 15.0 Å². The van der Waals surface area contributed by atoms with Crippen molar-refractivity contribution in [3.8, 4) is 0 Å². The number of aliphatic imine (C=N–C) groups is 1. The van der Waals surface area contributed by atoms with Crippen molar-refractivity contribution in [1.82, 2.24) is 10.2 Å². The van der Waals surface area contributed by atoms with E-state index in [0.29, 0.717) is 6.02 Å². The summed E-state index contributed by atoms with van der Waals surface area (Å²) < 4.78 is 19.9. The number of nitrogens with one attached hydrogen (secondary N) is 1. The highest BCUT2D eigenvalue weighted by Crippen LogP contribution is 2.40. The lowest BCUT2D eigenvalue weighted by Crippen LogP contribution is -2.44. The SMILES string of the molecule is C=C1N=C(N2CCc3ccccc3[C@@H]2c2ccc(F)cc2)O[C@@]12CCNC2. The number of rotatable bonds is 1. The van der Waals surface area contributed by atoms with Gasteiger partial charge in [0, 0.05) is 19.5 Å². The molecule has 0 aliphatic carbocycles. The fourth-order valence-corrected chi connectivity index (χ4v) is 4.38. The molecule has 5 rings (SSSR count). The van der Waals surface area contributed by atoms with Crippen molar-refractivity contribution in [2.75, 3.05) is 19.6 Å². The quantitative estimate of drug-likeness (QED) is 0.844. The first-order valence-electron chi connectivity index (χ1n) is 9.44. The molecule has 138 valence electrons. The van der Waals surface area contributed by atoms with E-state index < -0.39 is 5.60 Å². The third-order valence-electron chi connectivity index (χ3n) is 5.87. The summed E-state index contributed by atoms with van der Waals surface area (Å²) in [6.07, 6.45) is 1.80. The van der Waals surface area contributed by atoms with Crippen molar-refractivity contribution < 1.29 is 9.13 Å². The summed E-state index contributed by atoms with van der Waals surface area (Å²) in [7, 11) is 0. The Morgan fingerprint density at radius 3 is 2.78 bits per heavy atom. The Morgan fingerprint density at radius 2 is 2.00 bits per heavy atom. The molecule has 1 N–H and O–H groups in total. The van der Waals surface area contributed by atoms with Crippen LogP contribution in [0.5, 0.6) is 0 Å². The van der Waals surface area contributed by atoms with Gasteiger partial charge >= 0.3 is 0 Å². The molecule has 0 saturated carbocycles. The van der Waals surface area contributed by atoms with Crippen LogP contribution in [0.4, 0.5) is 4.39 Å². The Hall–Kier alpha value is -2.66. The van der Waals surface area contributed by atoms with Crippen LogP contribution < -0.4 is 5.32 Å². The van der Waals surface area contributed by atoms with E-state index in [1.807, 2.05) is 12.1 Å². The topological polar surface area (TPSA) is 36.9 Å². The summed E-state index contributed by atoms with van der Waals surface area (Å²) in [4.78, 5) is 6.93. The molecule has 0 aromatic heterocycles. The van der Waals surface area contributed by atoms with Crippen molar-refractivity contribution in [2.45, 2.75) is 24.5 Å². The number of amidine groups is 1. The first kappa shape index (κ1) is 16.5. The average Bonchev–Trinajstić information content (AvgIpc) is 3.29. The second-order valence-corrected chi connectivity index (χ2v) is 7.46. The van der Waals surface area contributed by atoms with Crippen LogP contribution in [0.2, 0.25) is 0 Å². The summed E-state index contributed by atoms with van der Waals surface area (Å²) in [6.45, 7) is 6.61. The lowest BCUT2D eigenvalue weighted by Gasteiger charge is -2.39. The highest BCUT2D eigenvalue weighted by molar-refractivity contribution is 5.80. The number of benzene rings is 2. The zero-order valence-corrected chi connectivity index (χ0v) is 15.1. The molecular weight excluding hydrogens is 341 g/mol. The molecule has 0 bridgehead atoms. The van der Waals surface area contributed by atoms with Gasteiger partial charge in [-0.25, -0.2) is 4.39 Å². The van der Waals surface area contributed by atoms with E-state index in [1.54, 1.807) is 0 Å². The molecule has 1 fully saturated rings. The minimum absolute atomic E-state index is 0.0494. The van der Waals surface area contributed by atoms with Crippen LogP contribution in [0.3, 0.4) is 0 Å². The molecule has 0 unspecified atom stereocenters. The molecule has 2 aromatic carbocycles. The molecule has 2 atom stereocenters. The Morgan fingerprint density at radius 1 is 1.19 bits per heavy atom. The maximum atomic E-state index is 13.5. The van der Waals surface area contributed by atoms with Crippen molar-refractivity contribution in [3.63, 3.8) is 0 Å². The van der Waals surface area contributed by atoms with Crippen molar-refractivity contribution in [2.24, 2.45) is 4.99 Å². The van der Waals surface area contributed by atoms with Gasteiger partial charge in [-0.2, -0.15) is 4.99 Å². The zero-order valence-electron chi connectivity index (χ0n) is 15.1. The molecule has 1 spiro atoms. The zero-order chi connectivity index (χ0) is 18.4. The predicted octanol–water partition coefficient (Wildman–Crippen LogP) is 3.41. The van der Waals surface area contributed by atoms with E-state index in [1.165, 1.54) is 23.3 Å².